The molecule has 1 amide bonds. The molecule has 1 heterocycles. The van der Waals surface area contributed by atoms with E-state index < -0.39 is 0 Å². The van der Waals surface area contributed by atoms with Crippen molar-refractivity contribution >= 4 is 23.3 Å². The van der Waals surface area contributed by atoms with Crippen LogP contribution in [-0.2, 0) is 0 Å². The zero-order chi connectivity index (χ0) is 15.0. The number of rotatable bonds is 8. The Morgan fingerprint density at radius 3 is 2.60 bits per heavy atom. The summed E-state index contributed by atoms with van der Waals surface area (Å²) >= 11 is 6.03. The van der Waals surface area contributed by atoms with Gasteiger partial charge in [0, 0.05) is 19.6 Å². The summed E-state index contributed by atoms with van der Waals surface area (Å²) in [5.74, 6) is 0.424. The van der Waals surface area contributed by atoms with Gasteiger partial charge in [-0.15, -0.1) is 0 Å². The normalized spacial score (nSPS) is 10.7. The van der Waals surface area contributed by atoms with Gasteiger partial charge in [-0.05, 0) is 32.1 Å². The summed E-state index contributed by atoms with van der Waals surface area (Å²) in [5.41, 5.74) is 0.268. The van der Waals surface area contributed by atoms with Crippen molar-refractivity contribution in [1.82, 2.24) is 15.2 Å². The van der Waals surface area contributed by atoms with Gasteiger partial charge in [-0.25, -0.2) is 4.98 Å². The number of likely N-dealkylation sites (N-methyl/N-ethyl adjacent to an activating group) is 1. The van der Waals surface area contributed by atoms with Gasteiger partial charge in [-0.2, -0.15) is 0 Å². The van der Waals surface area contributed by atoms with Crippen LogP contribution >= 0.6 is 11.6 Å². The first-order chi connectivity index (χ1) is 9.62. The summed E-state index contributed by atoms with van der Waals surface area (Å²) in [4.78, 5) is 18.5. The summed E-state index contributed by atoms with van der Waals surface area (Å²) < 4.78 is 0. The van der Waals surface area contributed by atoms with Gasteiger partial charge in [0.2, 0.25) is 0 Å². The van der Waals surface area contributed by atoms with Crippen LogP contribution in [0, 0.1) is 0 Å². The molecule has 1 aromatic heterocycles. The highest BCUT2D eigenvalue weighted by atomic mass is 35.5. The molecule has 5 nitrogen and oxygen atoms in total. The van der Waals surface area contributed by atoms with E-state index in [-0.39, 0.29) is 11.6 Å². The number of halogens is 1. The Morgan fingerprint density at radius 1 is 1.30 bits per heavy atom. The van der Waals surface area contributed by atoms with E-state index in [0.717, 1.165) is 26.2 Å². The monoisotopic (exact) mass is 298 g/mol. The van der Waals surface area contributed by atoms with Gasteiger partial charge in [0.15, 0.2) is 0 Å². The van der Waals surface area contributed by atoms with Gasteiger partial charge >= 0.3 is 0 Å². The zero-order valence-corrected chi connectivity index (χ0v) is 13.1. The minimum Gasteiger partial charge on any atom is -0.370 e. The van der Waals surface area contributed by atoms with E-state index in [2.05, 4.69) is 34.4 Å². The highest BCUT2D eigenvalue weighted by Crippen LogP contribution is 2.16. The molecule has 0 aromatic carbocycles. The Balaban J connectivity index is 2.60. The summed E-state index contributed by atoms with van der Waals surface area (Å²) in [6.45, 7) is 10.3. The van der Waals surface area contributed by atoms with Gasteiger partial charge in [-0.3, -0.25) is 4.79 Å². The van der Waals surface area contributed by atoms with Gasteiger partial charge in [0.25, 0.3) is 5.91 Å². The molecule has 0 saturated carbocycles. The van der Waals surface area contributed by atoms with Crippen LogP contribution in [0.3, 0.4) is 0 Å². The number of nitrogens with zero attached hydrogens (tertiary/aromatic N) is 2. The van der Waals surface area contributed by atoms with Crippen molar-refractivity contribution < 1.29 is 4.79 Å². The first-order valence-corrected chi connectivity index (χ1v) is 7.41. The van der Waals surface area contributed by atoms with Crippen LogP contribution in [0.5, 0.6) is 0 Å². The first kappa shape index (κ1) is 16.7. The van der Waals surface area contributed by atoms with Crippen LogP contribution in [0.1, 0.15) is 31.3 Å². The smallest absolute Gasteiger partial charge is 0.271 e. The molecule has 0 aliphatic heterocycles. The second-order valence-electron chi connectivity index (χ2n) is 4.34. The molecule has 1 rings (SSSR count). The molecule has 0 fully saturated rings. The highest BCUT2D eigenvalue weighted by Gasteiger charge is 2.13. The fourth-order valence-corrected chi connectivity index (χ4v) is 2.02. The molecule has 20 heavy (non-hydrogen) atoms. The van der Waals surface area contributed by atoms with Crippen LogP contribution in [-0.4, -0.2) is 48.5 Å². The Labute approximate surface area is 125 Å². The Morgan fingerprint density at radius 2 is 2.00 bits per heavy atom. The Bertz CT molecular complexity index is 435. The third-order valence-corrected chi connectivity index (χ3v) is 3.33. The number of aromatic nitrogens is 1. The number of amides is 1. The molecule has 0 spiro atoms. The number of nitrogens with one attached hydrogen (secondary N) is 2. The first-order valence-electron chi connectivity index (χ1n) is 7.03. The van der Waals surface area contributed by atoms with Gasteiger partial charge < -0.3 is 15.5 Å². The predicted octanol–water partition coefficient (Wildman–Crippen LogP) is 2.24. The molecular formula is C14H23ClN4O. The van der Waals surface area contributed by atoms with Gasteiger partial charge in [0.05, 0.1) is 5.02 Å². The second kappa shape index (κ2) is 8.76. The maximum Gasteiger partial charge on any atom is 0.271 e. The minimum atomic E-state index is -0.234. The fourth-order valence-electron chi connectivity index (χ4n) is 1.83. The maximum atomic E-state index is 12.1. The summed E-state index contributed by atoms with van der Waals surface area (Å²) in [6, 6.07) is 3.45. The fraction of sp³-hybridized carbons (Fsp3) is 0.571. The van der Waals surface area contributed by atoms with Crippen LogP contribution in [0.25, 0.3) is 0 Å². The molecule has 2 N–H and O–H groups in total. The van der Waals surface area contributed by atoms with Crippen molar-refractivity contribution in [3.8, 4) is 0 Å². The summed E-state index contributed by atoms with van der Waals surface area (Å²) in [5, 5.41) is 6.29. The van der Waals surface area contributed by atoms with E-state index in [0.29, 0.717) is 17.4 Å². The van der Waals surface area contributed by atoms with Gasteiger partial charge in [-0.1, -0.05) is 25.4 Å². The third-order valence-electron chi connectivity index (χ3n) is 3.03. The zero-order valence-electron chi connectivity index (χ0n) is 12.4. The maximum absolute atomic E-state index is 12.1. The van der Waals surface area contributed by atoms with Crippen LogP contribution in [0.4, 0.5) is 5.82 Å². The third kappa shape index (κ3) is 4.98. The predicted molar refractivity (Wildman–Crippen MR) is 83.5 cm³/mol. The molecule has 0 aliphatic rings. The standard InChI is InChI=1S/C14H23ClN4O/c1-4-16-12-8-7-11(15)13(18-12)14(20)17-9-10-19(5-2)6-3/h7-8H,4-6,9-10H2,1-3H3,(H,16,18)(H,17,20). The topological polar surface area (TPSA) is 57.3 Å². The number of hydrogen-bond donors (Lipinski definition) is 2. The number of anilines is 1. The average Bonchev–Trinajstić information content (AvgIpc) is 2.45. The molecular weight excluding hydrogens is 276 g/mol. The lowest BCUT2D eigenvalue weighted by molar-refractivity contribution is 0.0944. The van der Waals surface area contributed by atoms with E-state index in [1.54, 1.807) is 12.1 Å². The number of carbonyl (C=O) groups excluding carboxylic acids is 1. The molecule has 0 atom stereocenters. The van der Waals surface area contributed by atoms with Crippen LogP contribution in [0.15, 0.2) is 12.1 Å². The molecule has 0 unspecified atom stereocenters. The lowest BCUT2D eigenvalue weighted by Crippen LogP contribution is -2.35. The van der Waals surface area contributed by atoms with Crippen molar-refractivity contribution in [1.29, 1.82) is 0 Å². The van der Waals surface area contributed by atoms with E-state index in [1.807, 2.05) is 6.92 Å². The van der Waals surface area contributed by atoms with Crippen LogP contribution < -0.4 is 10.6 Å². The van der Waals surface area contributed by atoms with Crippen molar-refractivity contribution in [2.24, 2.45) is 0 Å². The molecule has 0 saturated heterocycles. The SMILES string of the molecule is CCNc1ccc(Cl)c(C(=O)NCCN(CC)CC)n1. The molecule has 112 valence electrons. The lowest BCUT2D eigenvalue weighted by atomic mass is 10.3. The molecule has 0 aliphatic carbocycles. The molecule has 0 bridgehead atoms. The second-order valence-corrected chi connectivity index (χ2v) is 4.75. The van der Waals surface area contributed by atoms with Crippen molar-refractivity contribution in [2.45, 2.75) is 20.8 Å². The van der Waals surface area contributed by atoms with Crippen molar-refractivity contribution in [3.05, 3.63) is 22.8 Å². The quantitative estimate of drug-likeness (QED) is 0.773. The van der Waals surface area contributed by atoms with Crippen molar-refractivity contribution in [3.63, 3.8) is 0 Å². The lowest BCUT2D eigenvalue weighted by Gasteiger charge is -2.18. The van der Waals surface area contributed by atoms with Crippen LogP contribution in [0.2, 0.25) is 5.02 Å². The molecule has 1 aromatic rings. The van der Waals surface area contributed by atoms with Gasteiger partial charge in [0.1, 0.15) is 11.5 Å². The molecule has 0 radical (unpaired) electrons. The highest BCUT2D eigenvalue weighted by molar-refractivity contribution is 6.33. The average molecular weight is 299 g/mol. The number of hydrogen-bond acceptors (Lipinski definition) is 4. The van der Waals surface area contributed by atoms with E-state index in [9.17, 15) is 4.79 Å². The van der Waals surface area contributed by atoms with Crippen molar-refractivity contribution in [2.75, 3.05) is 38.0 Å². The minimum absolute atomic E-state index is 0.234. The Hall–Kier alpha value is -1.33. The summed E-state index contributed by atoms with van der Waals surface area (Å²) in [7, 11) is 0. The largest absolute Gasteiger partial charge is 0.370 e. The summed E-state index contributed by atoms with van der Waals surface area (Å²) in [6.07, 6.45) is 0. The van der Waals surface area contributed by atoms with E-state index in [4.69, 9.17) is 11.6 Å². The molecule has 6 heteroatoms. The Kier molecular flexibility index (Phi) is 7.33. The van der Waals surface area contributed by atoms with E-state index in [1.165, 1.54) is 0 Å². The number of carbonyl (C=O) groups is 1. The van der Waals surface area contributed by atoms with E-state index >= 15 is 0 Å². The number of pyridine rings is 1.